The molecule has 4 aromatic rings. The molecular formula is C28H25Cl2N3O4S. The lowest BCUT2D eigenvalue weighted by atomic mass is 10.1. The van der Waals surface area contributed by atoms with Crippen molar-refractivity contribution in [2.45, 2.75) is 18.4 Å². The van der Waals surface area contributed by atoms with Crippen molar-refractivity contribution in [2.24, 2.45) is 0 Å². The summed E-state index contributed by atoms with van der Waals surface area (Å²) in [7, 11) is 0. The highest BCUT2D eigenvalue weighted by atomic mass is 35.5. The summed E-state index contributed by atoms with van der Waals surface area (Å²) in [6, 6.07) is 16.2. The summed E-state index contributed by atoms with van der Waals surface area (Å²) >= 11 is 14.1. The van der Waals surface area contributed by atoms with Gasteiger partial charge in [-0.1, -0.05) is 41.4 Å². The van der Waals surface area contributed by atoms with Gasteiger partial charge in [0.05, 0.1) is 18.4 Å². The summed E-state index contributed by atoms with van der Waals surface area (Å²) < 4.78 is 13.1. The topological polar surface area (TPSA) is 76.8 Å². The molecule has 0 radical (unpaired) electrons. The minimum absolute atomic E-state index is 0.119. The normalized spacial score (nSPS) is 12.8. The second kappa shape index (κ2) is 11.6. The number of hydrogen-bond donors (Lipinski definition) is 1. The maximum atomic E-state index is 13.0. The third kappa shape index (κ3) is 5.72. The predicted octanol–water partition coefficient (Wildman–Crippen LogP) is 7.05. The molecule has 1 N–H and O–H groups in total. The van der Waals surface area contributed by atoms with Crippen molar-refractivity contribution < 1.29 is 19.4 Å². The zero-order valence-electron chi connectivity index (χ0n) is 20.6. The van der Waals surface area contributed by atoms with Crippen molar-refractivity contribution in [3.05, 3.63) is 88.2 Å². The number of nitrogens with zero attached hydrogens (tertiary/aromatic N) is 3. The number of phenols is 1. The van der Waals surface area contributed by atoms with Gasteiger partial charge < -0.3 is 14.6 Å². The molecule has 1 aliphatic rings. The van der Waals surface area contributed by atoms with Gasteiger partial charge in [0, 0.05) is 50.1 Å². The number of rotatable bonds is 7. The Labute approximate surface area is 234 Å². The maximum Gasteiger partial charge on any atom is 0.414 e. The van der Waals surface area contributed by atoms with Crippen LogP contribution < -0.4 is 9.64 Å². The number of fused-ring (bicyclic) bond motifs is 1. The third-order valence-corrected chi connectivity index (χ3v) is 8.04. The van der Waals surface area contributed by atoms with E-state index in [1.807, 2.05) is 43.5 Å². The van der Waals surface area contributed by atoms with Gasteiger partial charge in [0.25, 0.3) is 0 Å². The second-order valence-electron chi connectivity index (χ2n) is 8.68. The molecule has 196 valence electrons. The lowest BCUT2D eigenvalue weighted by molar-refractivity contribution is 0.131. The summed E-state index contributed by atoms with van der Waals surface area (Å²) in [5.41, 5.74) is 4.33. The van der Waals surface area contributed by atoms with E-state index in [1.165, 1.54) is 0 Å². The van der Waals surface area contributed by atoms with Gasteiger partial charge in [-0.05, 0) is 48.9 Å². The lowest BCUT2D eigenvalue weighted by Gasteiger charge is -2.29. The van der Waals surface area contributed by atoms with Crippen molar-refractivity contribution in [3.63, 3.8) is 0 Å². The highest BCUT2D eigenvalue weighted by Crippen LogP contribution is 2.42. The number of ether oxygens (including phenoxy) is 2. The molecule has 1 amide bonds. The van der Waals surface area contributed by atoms with Gasteiger partial charge in [0.15, 0.2) is 0 Å². The van der Waals surface area contributed by atoms with Gasteiger partial charge in [-0.3, -0.25) is 9.58 Å². The lowest BCUT2D eigenvalue weighted by Crippen LogP contribution is -2.36. The fourth-order valence-electron chi connectivity index (χ4n) is 4.21. The molecule has 1 aliphatic heterocycles. The summed E-state index contributed by atoms with van der Waals surface area (Å²) in [6.07, 6.45) is 3.31. The maximum absolute atomic E-state index is 13.0. The van der Waals surface area contributed by atoms with E-state index in [9.17, 15) is 9.90 Å². The number of phenolic OH excluding ortho intramolecular Hbond substituents is 1. The second-order valence-corrected chi connectivity index (χ2v) is 10.6. The van der Waals surface area contributed by atoms with Crippen LogP contribution in [-0.2, 0) is 11.3 Å². The predicted molar refractivity (Wildman–Crippen MR) is 151 cm³/mol. The Balaban J connectivity index is 1.27. The molecule has 0 saturated heterocycles. The van der Waals surface area contributed by atoms with Gasteiger partial charge in [-0.2, -0.15) is 5.10 Å². The van der Waals surface area contributed by atoms with E-state index >= 15 is 0 Å². The van der Waals surface area contributed by atoms with Crippen LogP contribution in [0.4, 0.5) is 10.5 Å². The van der Waals surface area contributed by atoms with E-state index in [-0.39, 0.29) is 19.0 Å². The van der Waals surface area contributed by atoms with Gasteiger partial charge in [0.1, 0.15) is 24.7 Å². The SMILES string of the molecule is Cc1c(Cl)cccc1OCCOC(=O)N1CCSc2c(-c3cnn(Cc4cc(O)ccc4Cl)c3)cccc21. The van der Waals surface area contributed by atoms with Crippen LogP contribution in [0.1, 0.15) is 11.1 Å². The van der Waals surface area contributed by atoms with E-state index in [0.717, 1.165) is 38.6 Å². The molecule has 0 atom stereocenters. The van der Waals surface area contributed by atoms with Crippen LogP contribution in [-0.4, -0.2) is 46.5 Å². The van der Waals surface area contributed by atoms with E-state index in [2.05, 4.69) is 5.10 Å². The number of aromatic hydroxyl groups is 1. The zero-order chi connectivity index (χ0) is 26.6. The standard InChI is InChI=1S/C28H25Cl2N3O4S/c1-18-23(29)5-3-7-26(18)36-11-12-37-28(35)33-10-13-38-27-22(4-2-6-25(27)33)20-15-31-32(17-20)16-19-14-21(34)8-9-24(19)30/h2-9,14-15,17,34H,10-13,16H2,1H3. The molecule has 0 bridgehead atoms. The first-order valence-corrected chi connectivity index (χ1v) is 13.7. The fraction of sp³-hybridized carbons (Fsp3) is 0.214. The average molecular weight is 570 g/mol. The number of anilines is 1. The number of carbonyl (C=O) groups excluding carboxylic acids is 1. The minimum Gasteiger partial charge on any atom is -0.508 e. The molecule has 5 rings (SSSR count). The van der Waals surface area contributed by atoms with Crippen LogP contribution >= 0.6 is 35.0 Å². The van der Waals surface area contributed by atoms with Crippen LogP contribution in [0.25, 0.3) is 11.1 Å². The largest absolute Gasteiger partial charge is 0.508 e. The van der Waals surface area contributed by atoms with Crippen molar-refractivity contribution in [3.8, 4) is 22.6 Å². The molecular weight excluding hydrogens is 545 g/mol. The van der Waals surface area contributed by atoms with Crippen LogP contribution in [0.15, 0.2) is 71.9 Å². The van der Waals surface area contributed by atoms with Crippen molar-refractivity contribution in [1.29, 1.82) is 0 Å². The van der Waals surface area contributed by atoms with Crippen LogP contribution in [0.2, 0.25) is 10.0 Å². The Morgan fingerprint density at radius 3 is 2.82 bits per heavy atom. The quantitative estimate of drug-likeness (QED) is 0.240. The number of amides is 1. The van der Waals surface area contributed by atoms with Crippen LogP contribution in [0.5, 0.6) is 11.5 Å². The average Bonchev–Trinajstić information content (AvgIpc) is 3.38. The monoisotopic (exact) mass is 569 g/mol. The molecule has 38 heavy (non-hydrogen) atoms. The fourth-order valence-corrected chi connectivity index (χ4v) is 5.70. The molecule has 0 aliphatic carbocycles. The first-order chi connectivity index (χ1) is 18.4. The first kappa shape index (κ1) is 26.3. The third-order valence-electron chi connectivity index (χ3n) is 6.16. The first-order valence-electron chi connectivity index (χ1n) is 12.0. The Morgan fingerprint density at radius 1 is 1.11 bits per heavy atom. The molecule has 1 aromatic heterocycles. The smallest absolute Gasteiger partial charge is 0.414 e. The summed E-state index contributed by atoms with van der Waals surface area (Å²) in [5, 5.41) is 15.5. The Hall–Kier alpha value is -3.33. The number of benzene rings is 3. The number of aromatic nitrogens is 2. The van der Waals surface area contributed by atoms with E-state index in [1.54, 1.807) is 51.8 Å². The molecule has 7 nitrogen and oxygen atoms in total. The molecule has 0 spiro atoms. The van der Waals surface area contributed by atoms with Crippen molar-refractivity contribution in [1.82, 2.24) is 9.78 Å². The number of carbonyl (C=O) groups is 1. The van der Waals surface area contributed by atoms with Gasteiger partial charge in [-0.15, -0.1) is 11.8 Å². The molecule has 0 unspecified atom stereocenters. The summed E-state index contributed by atoms with van der Waals surface area (Å²) in [5.74, 6) is 1.57. The van der Waals surface area contributed by atoms with Gasteiger partial charge in [-0.25, -0.2) is 4.79 Å². The minimum atomic E-state index is -0.413. The van der Waals surface area contributed by atoms with Crippen LogP contribution in [0.3, 0.4) is 0 Å². The summed E-state index contributed by atoms with van der Waals surface area (Å²) in [6.45, 7) is 3.20. The number of halogens is 2. The molecule has 0 saturated carbocycles. The molecule has 0 fully saturated rings. The summed E-state index contributed by atoms with van der Waals surface area (Å²) in [4.78, 5) is 15.6. The molecule has 3 aromatic carbocycles. The number of thioether (sulfide) groups is 1. The van der Waals surface area contributed by atoms with E-state index in [4.69, 9.17) is 32.7 Å². The van der Waals surface area contributed by atoms with Crippen LogP contribution in [0, 0.1) is 6.92 Å². The Bertz CT molecular complexity index is 1480. The number of hydrogen-bond acceptors (Lipinski definition) is 6. The molecule has 2 heterocycles. The van der Waals surface area contributed by atoms with Crippen molar-refractivity contribution >= 4 is 46.7 Å². The van der Waals surface area contributed by atoms with Gasteiger partial charge >= 0.3 is 6.09 Å². The van der Waals surface area contributed by atoms with Crippen molar-refractivity contribution in [2.75, 3.05) is 30.4 Å². The highest BCUT2D eigenvalue weighted by Gasteiger charge is 2.26. The zero-order valence-corrected chi connectivity index (χ0v) is 22.9. The van der Waals surface area contributed by atoms with E-state index in [0.29, 0.717) is 28.9 Å². The molecule has 10 heteroatoms. The highest BCUT2D eigenvalue weighted by molar-refractivity contribution is 7.99. The Kier molecular flexibility index (Phi) is 8.02. The van der Waals surface area contributed by atoms with E-state index < -0.39 is 6.09 Å². The Morgan fingerprint density at radius 2 is 1.95 bits per heavy atom. The van der Waals surface area contributed by atoms with Gasteiger partial charge in [0.2, 0.25) is 0 Å².